The van der Waals surface area contributed by atoms with Crippen molar-refractivity contribution in [3.8, 4) is 0 Å². The van der Waals surface area contributed by atoms with Gasteiger partial charge in [0.2, 0.25) is 0 Å². The number of hydrogen-bond acceptors (Lipinski definition) is 1. The first-order chi connectivity index (χ1) is 8.15. The van der Waals surface area contributed by atoms with Crippen LogP contribution in [0.5, 0.6) is 0 Å². The van der Waals surface area contributed by atoms with E-state index >= 15 is 0 Å². The van der Waals surface area contributed by atoms with E-state index in [1.807, 2.05) is 6.08 Å². The maximum absolute atomic E-state index is 11.5. The van der Waals surface area contributed by atoms with Crippen molar-refractivity contribution in [1.29, 1.82) is 0 Å². The third-order valence-electron chi connectivity index (χ3n) is 3.54. The van der Waals surface area contributed by atoms with Crippen molar-refractivity contribution < 1.29 is 4.79 Å². The normalized spacial score (nSPS) is 16.6. The molecule has 0 heterocycles. The lowest BCUT2D eigenvalue weighted by atomic mass is 9.98. The van der Waals surface area contributed by atoms with Crippen molar-refractivity contribution in [2.24, 2.45) is 0 Å². The van der Waals surface area contributed by atoms with Crippen molar-refractivity contribution >= 4 is 5.78 Å². The summed E-state index contributed by atoms with van der Waals surface area (Å²) in [6, 6.07) is 6.59. The average Bonchev–Trinajstić information content (AvgIpc) is 2.48. The minimum absolute atomic E-state index is 0.307. The minimum atomic E-state index is 0.307. The summed E-state index contributed by atoms with van der Waals surface area (Å²) in [5, 5.41) is 0. The first-order valence-electron chi connectivity index (χ1n) is 6.43. The Morgan fingerprint density at radius 3 is 2.59 bits per heavy atom. The quantitative estimate of drug-likeness (QED) is 0.750. The molecule has 0 atom stereocenters. The second kappa shape index (κ2) is 5.31. The number of carbonyl (C=O) groups excluding carboxylic acids is 1. The summed E-state index contributed by atoms with van der Waals surface area (Å²) in [6.45, 7) is 4.28. The Morgan fingerprint density at radius 1 is 1.06 bits per heavy atom. The smallest absolute Gasteiger partial charge is 0.155 e. The van der Waals surface area contributed by atoms with Gasteiger partial charge >= 0.3 is 0 Å². The van der Waals surface area contributed by atoms with Gasteiger partial charge in [-0.05, 0) is 62.3 Å². The van der Waals surface area contributed by atoms with Crippen LogP contribution in [0, 0.1) is 13.8 Å². The number of aryl methyl sites for hydroxylation is 2. The van der Waals surface area contributed by atoms with Gasteiger partial charge in [-0.25, -0.2) is 0 Å². The molecule has 0 fully saturated rings. The topological polar surface area (TPSA) is 17.1 Å². The van der Waals surface area contributed by atoms with E-state index < -0.39 is 0 Å². The molecule has 0 bridgehead atoms. The molecule has 17 heavy (non-hydrogen) atoms. The third-order valence-corrected chi connectivity index (χ3v) is 3.54. The Morgan fingerprint density at radius 2 is 1.82 bits per heavy atom. The molecule has 0 N–H and O–H groups in total. The second-order valence-corrected chi connectivity index (χ2v) is 5.07. The monoisotopic (exact) mass is 228 g/mol. The second-order valence-electron chi connectivity index (χ2n) is 5.07. The molecular formula is C16H20O. The number of benzene rings is 1. The van der Waals surface area contributed by atoms with Crippen LogP contribution in [0.2, 0.25) is 0 Å². The fraction of sp³-hybridized carbons (Fsp3) is 0.438. The van der Waals surface area contributed by atoms with Crippen molar-refractivity contribution in [3.63, 3.8) is 0 Å². The molecular weight excluding hydrogens is 208 g/mol. The predicted molar refractivity (Wildman–Crippen MR) is 71.2 cm³/mol. The van der Waals surface area contributed by atoms with Gasteiger partial charge in [0.25, 0.3) is 0 Å². The zero-order chi connectivity index (χ0) is 12.3. The summed E-state index contributed by atoms with van der Waals surface area (Å²) in [6.07, 6.45) is 6.83. The maximum atomic E-state index is 11.5. The molecule has 1 aliphatic rings. The summed E-state index contributed by atoms with van der Waals surface area (Å²) in [7, 11) is 0. The van der Waals surface area contributed by atoms with Crippen LogP contribution in [0.1, 0.15) is 42.4 Å². The molecule has 0 radical (unpaired) electrons. The van der Waals surface area contributed by atoms with Gasteiger partial charge in [-0.3, -0.25) is 4.79 Å². The van der Waals surface area contributed by atoms with Gasteiger partial charge in [-0.1, -0.05) is 23.8 Å². The number of rotatable bonds is 2. The highest BCUT2D eigenvalue weighted by Crippen LogP contribution is 2.20. The lowest BCUT2D eigenvalue weighted by Gasteiger charge is -2.07. The fourth-order valence-electron chi connectivity index (χ4n) is 2.34. The molecule has 0 amide bonds. The summed E-state index contributed by atoms with van der Waals surface area (Å²) in [4.78, 5) is 11.5. The molecule has 1 heteroatoms. The molecule has 0 saturated heterocycles. The highest BCUT2D eigenvalue weighted by atomic mass is 16.1. The molecule has 1 aromatic carbocycles. The Bertz CT molecular complexity index is 455. The maximum Gasteiger partial charge on any atom is 0.155 e. The van der Waals surface area contributed by atoms with Crippen LogP contribution in [-0.2, 0) is 11.2 Å². The van der Waals surface area contributed by atoms with E-state index in [0.29, 0.717) is 5.78 Å². The van der Waals surface area contributed by atoms with Gasteiger partial charge in [0.1, 0.15) is 0 Å². The molecule has 90 valence electrons. The highest BCUT2D eigenvalue weighted by Gasteiger charge is 2.09. The van der Waals surface area contributed by atoms with Crippen LogP contribution in [-0.4, -0.2) is 5.78 Å². The molecule has 2 rings (SSSR count). The first kappa shape index (κ1) is 12.1. The average molecular weight is 228 g/mol. The van der Waals surface area contributed by atoms with Crippen LogP contribution in [0.25, 0.3) is 0 Å². The minimum Gasteiger partial charge on any atom is -0.295 e. The van der Waals surface area contributed by atoms with Crippen LogP contribution >= 0.6 is 0 Å². The zero-order valence-electron chi connectivity index (χ0n) is 10.8. The van der Waals surface area contributed by atoms with E-state index in [1.165, 1.54) is 22.3 Å². The van der Waals surface area contributed by atoms with Gasteiger partial charge in [0.15, 0.2) is 5.78 Å². The molecule has 0 saturated carbocycles. The molecule has 0 aliphatic heterocycles. The molecule has 0 spiro atoms. The Hall–Kier alpha value is -1.37. The lowest BCUT2D eigenvalue weighted by molar-refractivity contribution is -0.114. The predicted octanol–water partition coefficient (Wildman–Crippen LogP) is 3.92. The largest absolute Gasteiger partial charge is 0.295 e. The van der Waals surface area contributed by atoms with Crippen LogP contribution in [0.15, 0.2) is 29.8 Å². The van der Waals surface area contributed by atoms with Gasteiger partial charge in [0.05, 0.1) is 0 Å². The highest BCUT2D eigenvalue weighted by molar-refractivity contribution is 5.90. The number of hydrogen-bond donors (Lipinski definition) is 0. The standard InChI is InChI=1S/C16H20O/c1-12-7-8-15(9-13(12)2)10-14-5-3-4-6-16(17)11-14/h7-9,11H,3-6,10H2,1-2H3. The van der Waals surface area contributed by atoms with Crippen molar-refractivity contribution in [3.05, 3.63) is 46.5 Å². The summed E-state index contributed by atoms with van der Waals surface area (Å²) >= 11 is 0. The van der Waals surface area contributed by atoms with Gasteiger partial charge in [-0.2, -0.15) is 0 Å². The lowest BCUT2D eigenvalue weighted by Crippen LogP contribution is -1.95. The molecule has 0 aromatic heterocycles. The first-order valence-corrected chi connectivity index (χ1v) is 6.43. The summed E-state index contributed by atoms with van der Waals surface area (Å²) in [5.41, 5.74) is 5.30. The number of allylic oxidation sites excluding steroid dienone is 2. The van der Waals surface area contributed by atoms with E-state index in [9.17, 15) is 4.79 Å². The summed E-state index contributed by atoms with van der Waals surface area (Å²) < 4.78 is 0. The van der Waals surface area contributed by atoms with Crippen molar-refractivity contribution in [1.82, 2.24) is 0 Å². The molecule has 1 nitrogen and oxygen atoms in total. The molecule has 1 aromatic rings. The summed E-state index contributed by atoms with van der Waals surface area (Å²) in [5.74, 6) is 0.307. The van der Waals surface area contributed by atoms with Crippen molar-refractivity contribution in [2.75, 3.05) is 0 Å². The van der Waals surface area contributed by atoms with Gasteiger partial charge in [-0.15, -0.1) is 0 Å². The van der Waals surface area contributed by atoms with E-state index in [1.54, 1.807) is 0 Å². The van der Waals surface area contributed by atoms with Gasteiger partial charge in [0, 0.05) is 6.42 Å². The van der Waals surface area contributed by atoms with Crippen molar-refractivity contribution in [2.45, 2.75) is 46.0 Å². The van der Waals surface area contributed by atoms with Crippen LogP contribution in [0.3, 0.4) is 0 Å². The Balaban J connectivity index is 2.14. The Labute approximate surface area is 104 Å². The fourth-order valence-corrected chi connectivity index (χ4v) is 2.34. The van der Waals surface area contributed by atoms with E-state index in [2.05, 4.69) is 32.0 Å². The molecule has 0 unspecified atom stereocenters. The third kappa shape index (κ3) is 3.29. The van der Waals surface area contributed by atoms with E-state index in [4.69, 9.17) is 0 Å². The number of ketones is 1. The van der Waals surface area contributed by atoms with Crippen LogP contribution < -0.4 is 0 Å². The van der Waals surface area contributed by atoms with E-state index in [0.717, 1.165) is 32.1 Å². The number of carbonyl (C=O) groups is 1. The zero-order valence-corrected chi connectivity index (χ0v) is 10.8. The van der Waals surface area contributed by atoms with Crippen LogP contribution in [0.4, 0.5) is 0 Å². The van der Waals surface area contributed by atoms with E-state index in [-0.39, 0.29) is 0 Å². The Kier molecular flexibility index (Phi) is 3.78. The SMILES string of the molecule is Cc1ccc(CC2=CC(=O)CCCC2)cc1C. The molecule has 1 aliphatic carbocycles. The van der Waals surface area contributed by atoms with Gasteiger partial charge < -0.3 is 0 Å².